The van der Waals surface area contributed by atoms with E-state index in [1.807, 2.05) is 13.8 Å². The third-order valence-corrected chi connectivity index (χ3v) is 2.48. The molecule has 0 saturated carbocycles. The van der Waals surface area contributed by atoms with Crippen molar-refractivity contribution in [2.75, 3.05) is 0 Å². The van der Waals surface area contributed by atoms with Crippen molar-refractivity contribution < 1.29 is 19.8 Å². The van der Waals surface area contributed by atoms with E-state index in [0.29, 0.717) is 11.1 Å². The molecule has 0 fully saturated rings. The lowest BCUT2D eigenvalue weighted by Crippen LogP contribution is -2.09. The molecule has 0 atom stereocenters. The van der Waals surface area contributed by atoms with Crippen molar-refractivity contribution in [3.8, 4) is 0 Å². The molecule has 0 amide bonds. The van der Waals surface area contributed by atoms with Crippen molar-refractivity contribution in [1.82, 2.24) is 0 Å². The molecule has 0 bridgehead atoms. The summed E-state index contributed by atoms with van der Waals surface area (Å²) in [4.78, 5) is 21.9. The Hall–Kier alpha value is -1.84. The molecular formula is C12H14O4. The van der Waals surface area contributed by atoms with Crippen LogP contribution in [0.2, 0.25) is 0 Å². The summed E-state index contributed by atoms with van der Waals surface area (Å²) >= 11 is 0. The molecule has 2 N–H and O–H groups in total. The lowest BCUT2D eigenvalue weighted by Gasteiger charge is -2.12. The lowest BCUT2D eigenvalue weighted by atomic mass is 9.92. The van der Waals surface area contributed by atoms with E-state index < -0.39 is 11.9 Å². The maximum absolute atomic E-state index is 11.0. The second-order valence-corrected chi connectivity index (χ2v) is 4.02. The van der Waals surface area contributed by atoms with Crippen LogP contribution in [0.3, 0.4) is 0 Å². The lowest BCUT2D eigenvalue weighted by molar-refractivity contribution is 0.0679. The van der Waals surface area contributed by atoms with Gasteiger partial charge in [-0.3, -0.25) is 0 Å². The fourth-order valence-corrected chi connectivity index (χ4v) is 1.62. The molecule has 0 aromatic heterocycles. The van der Waals surface area contributed by atoms with Gasteiger partial charge in [-0.25, -0.2) is 9.59 Å². The third-order valence-electron chi connectivity index (χ3n) is 2.48. The molecule has 4 heteroatoms. The number of aryl methyl sites for hydroxylation is 1. The van der Waals surface area contributed by atoms with Crippen LogP contribution in [0.25, 0.3) is 0 Å². The normalized spacial score (nSPS) is 10.5. The summed E-state index contributed by atoms with van der Waals surface area (Å²) in [6, 6.07) is 2.87. The van der Waals surface area contributed by atoms with Gasteiger partial charge < -0.3 is 10.2 Å². The number of carbonyl (C=O) groups is 2. The van der Waals surface area contributed by atoms with Gasteiger partial charge in [0.05, 0.1) is 11.1 Å². The van der Waals surface area contributed by atoms with Gasteiger partial charge in [-0.15, -0.1) is 0 Å². The molecule has 16 heavy (non-hydrogen) atoms. The summed E-state index contributed by atoms with van der Waals surface area (Å²) in [5, 5.41) is 18.0. The Kier molecular flexibility index (Phi) is 3.32. The van der Waals surface area contributed by atoms with E-state index in [-0.39, 0.29) is 17.0 Å². The SMILES string of the molecule is Cc1cc(C(=O)O)c(C(C)C)cc1C(=O)O. The quantitative estimate of drug-likeness (QED) is 0.824. The predicted molar refractivity (Wildman–Crippen MR) is 59.2 cm³/mol. The number of hydrogen-bond acceptors (Lipinski definition) is 2. The van der Waals surface area contributed by atoms with Gasteiger partial charge in [-0.05, 0) is 36.1 Å². The molecule has 0 unspecified atom stereocenters. The van der Waals surface area contributed by atoms with Gasteiger partial charge >= 0.3 is 11.9 Å². The maximum atomic E-state index is 11.0. The number of benzene rings is 1. The Bertz CT molecular complexity index is 447. The van der Waals surface area contributed by atoms with Crippen LogP contribution in [0.5, 0.6) is 0 Å². The van der Waals surface area contributed by atoms with Crippen LogP contribution in [-0.2, 0) is 0 Å². The van der Waals surface area contributed by atoms with Crippen LogP contribution < -0.4 is 0 Å². The topological polar surface area (TPSA) is 74.6 Å². The smallest absolute Gasteiger partial charge is 0.335 e. The van der Waals surface area contributed by atoms with E-state index in [4.69, 9.17) is 10.2 Å². The highest BCUT2D eigenvalue weighted by Crippen LogP contribution is 2.23. The number of carboxylic acid groups (broad SMARTS) is 2. The fraction of sp³-hybridized carbons (Fsp3) is 0.333. The monoisotopic (exact) mass is 222 g/mol. The molecule has 0 radical (unpaired) electrons. The van der Waals surface area contributed by atoms with Gasteiger partial charge in [-0.2, -0.15) is 0 Å². The second-order valence-electron chi connectivity index (χ2n) is 4.02. The zero-order valence-electron chi connectivity index (χ0n) is 9.44. The molecule has 0 saturated heterocycles. The van der Waals surface area contributed by atoms with E-state index in [2.05, 4.69) is 0 Å². The Morgan fingerprint density at radius 2 is 1.56 bits per heavy atom. The summed E-state index contributed by atoms with van der Waals surface area (Å²) < 4.78 is 0. The second kappa shape index (κ2) is 4.35. The number of carboxylic acids is 2. The van der Waals surface area contributed by atoms with Gasteiger partial charge in [0.1, 0.15) is 0 Å². The molecule has 0 heterocycles. The van der Waals surface area contributed by atoms with E-state index >= 15 is 0 Å². The highest BCUT2D eigenvalue weighted by atomic mass is 16.4. The largest absolute Gasteiger partial charge is 0.478 e. The van der Waals surface area contributed by atoms with Gasteiger partial charge in [0.25, 0.3) is 0 Å². The minimum atomic E-state index is -1.03. The number of hydrogen-bond donors (Lipinski definition) is 2. The Labute approximate surface area is 93.5 Å². The Morgan fingerprint density at radius 3 is 1.94 bits per heavy atom. The zero-order chi connectivity index (χ0) is 12.5. The molecule has 86 valence electrons. The predicted octanol–water partition coefficient (Wildman–Crippen LogP) is 2.51. The van der Waals surface area contributed by atoms with E-state index in [1.54, 1.807) is 6.92 Å². The van der Waals surface area contributed by atoms with Crippen molar-refractivity contribution in [3.63, 3.8) is 0 Å². The van der Waals surface area contributed by atoms with Gasteiger partial charge in [0.15, 0.2) is 0 Å². The minimum absolute atomic E-state index is 0.0233. The van der Waals surface area contributed by atoms with Crippen molar-refractivity contribution in [3.05, 3.63) is 34.4 Å². The van der Waals surface area contributed by atoms with E-state index in [9.17, 15) is 9.59 Å². The van der Waals surface area contributed by atoms with Crippen LogP contribution in [0.1, 0.15) is 51.6 Å². The first-order valence-electron chi connectivity index (χ1n) is 4.95. The van der Waals surface area contributed by atoms with E-state index in [1.165, 1.54) is 12.1 Å². The van der Waals surface area contributed by atoms with Crippen molar-refractivity contribution >= 4 is 11.9 Å². The molecule has 1 aromatic carbocycles. The summed E-state index contributed by atoms with van der Waals surface area (Å²) in [7, 11) is 0. The molecular weight excluding hydrogens is 208 g/mol. The van der Waals surface area contributed by atoms with Crippen LogP contribution in [0.15, 0.2) is 12.1 Å². The fourth-order valence-electron chi connectivity index (χ4n) is 1.62. The standard InChI is InChI=1S/C12H14O4/c1-6(2)8-5-9(11(13)14)7(3)4-10(8)12(15)16/h4-6H,1-3H3,(H,13,14)(H,15,16). The zero-order valence-corrected chi connectivity index (χ0v) is 9.44. The molecule has 0 aliphatic carbocycles. The summed E-state index contributed by atoms with van der Waals surface area (Å²) in [5.74, 6) is -2.08. The molecule has 0 aliphatic rings. The van der Waals surface area contributed by atoms with Gasteiger partial charge in [0, 0.05) is 0 Å². The highest BCUT2D eigenvalue weighted by molar-refractivity contribution is 5.94. The first-order chi connectivity index (χ1) is 7.34. The Morgan fingerprint density at radius 1 is 1.06 bits per heavy atom. The van der Waals surface area contributed by atoms with Crippen molar-refractivity contribution in [2.45, 2.75) is 26.7 Å². The molecule has 1 rings (SSSR count). The van der Waals surface area contributed by atoms with Gasteiger partial charge in [-0.1, -0.05) is 13.8 Å². The van der Waals surface area contributed by atoms with Crippen molar-refractivity contribution in [1.29, 1.82) is 0 Å². The van der Waals surface area contributed by atoms with Crippen LogP contribution in [-0.4, -0.2) is 22.2 Å². The number of aromatic carboxylic acids is 2. The van der Waals surface area contributed by atoms with Crippen molar-refractivity contribution in [2.24, 2.45) is 0 Å². The summed E-state index contributed by atoms with van der Waals surface area (Å²) in [5.41, 5.74) is 1.36. The summed E-state index contributed by atoms with van der Waals surface area (Å²) in [6.45, 7) is 5.27. The molecule has 0 spiro atoms. The average Bonchev–Trinajstić information content (AvgIpc) is 2.15. The molecule has 4 nitrogen and oxygen atoms in total. The maximum Gasteiger partial charge on any atom is 0.335 e. The molecule has 0 aliphatic heterocycles. The minimum Gasteiger partial charge on any atom is -0.478 e. The third kappa shape index (κ3) is 2.21. The van der Waals surface area contributed by atoms with Crippen LogP contribution in [0, 0.1) is 6.92 Å². The van der Waals surface area contributed by atoms with Gasteiger partial charge in [0.2, 0.25) is 0 Å². The van der Waals surface area contributed by atoms with Crippen LogP contribution in [0.4, 0.5) is 0 Å². The molecule has 1 aromatic rings. The summed E-state index contributed by atoms with van der Waals surface area (Å²) in [6.07, 6.45) is 0. The van der Waals surface area contributed by atoms with E-state index in [0.717, 1.165) is 0 Å². The average molecular weight is 222 g/mol. The highest BCUT2D eigenvalue weighted by Gasteiger charge is 2.18. The van der Waals surface area contributed by atoms with Crippen LogP contribution >= 0.6 is 0 Å². The number of rotatable bonds is 3. The Balaban J connectivity index is 3.49. The first kappa shape index (κ1) is 12.2. The first-order valence-corrected chi connectivity index (χ1v) is 4.95.